The Hall–Kier alpha value is -6.33. The van der Waals surface area contributed by atoms with Gasteiger partial charge in [0.2, 0.25) is 0 Å². The topological polar surface area (TPSA) is 9.72 Å². The Morgan fingerprint density at radius 3 is 0.960 bits per heavy atom. The highest BCUT2D eigenvalue weighted by molar-refractivity contribution is 7.69. The number of hydrogen-bond donors (Lipinski definition) is 0. The lowest BCUT2D eigenvalue weighted by Crippen LogP contribution is -2.32. The van der Waals surface area contributed by atoms with Gasteiger partial charge in [-0.1, -0.05) is 333 Å². The van der Waals surface area contributed by atoms with E-state index in [2.05, 4.69) is 380 Å². The molecule has 2 aliphatic rings. The van der Waals surface area contributed by atoms with Gasteiger partial charge in [0.15, 0.2) is 0 Å². The Kier molecular flexibility index (Phi) is 31.0. The van der Waals surface area contributed by atoms with Crippen molar-refractivity contribution in [1.82, 2.24) is 0 Å². The molecule has 9 aromatic carbocycles. The maximum absolute atomic E-state index is 2.50. The fraction of sp³-hybridized carbons (Fsp3) is 0.426. The molecule has 0 unspecified atom stereocenters. The van der Waals surface area contributed by atoms with E-state index in [1.54, 1.807) is 5.30 Å². The number of hydrogen-bond acceptors (Lipinski definition) is 3. The molecule has 2 saturated carbocycles. The molecule has 0 radical (unpaired) electrons. The van der Waals surface area contributed by atoms with Crippen molar-refractivity contribution in [1.29, 1.82) is 0 Å². The van der Waals surface area contributed by atoms with E-state index < -0.39 is 0 Å². The molecule has 534 valence electrons. The Balaban J connectivity index is 0.000000181. The highest BCUT2D eigenvalue weighted by atomic mass is 31.1. The first-order valence-corrected chi connectivity index (χ1v) is 42.7. The van der Waals surface area contributed by atoms with Crippen molar-refractivity contribution in [3.8, 4) is 44.5 Å². The summed E-state index contributed by atoms with van der Waals surface area (Å²) in [6, 6.07) is 75.5. The zero-order chi connectivity index (χ0) is 73.0. The average molecular weight is 1390 g/mol. The smallest absolute Gasteiger partial charge is 0.0440 e. The van der Waals surface area contributed by atoms with Crippen LogP contribution in [0.15, 0.2) is 206 Å². The van der Waals surface area contributed by atoms with Gasteiger partial charge in [0.25, 0.3) is 0 Å². The lowest BCUT2D eigenvalue weighted by molar-refractivity contribution is 0.487. The Labute approximate surface area is 614 Å². The number of benzene rings is 9. The van der Waals surface area contributed by atoms with E-state index in [4.69, 9.17) is 0 Å². The molecule has 0 N–H and O–H groups in total. The van der Waals surface area contributed by atoms with Crippen LogP contribution in [0.5, 0.6) is 0 Å². The second kappa shape index (κ2) is 38.3. The molecule has 3 nitrogen and oxygen atoms in total. The van der Waals surface area contributed by atoms with Gasteiger partial charge in [-0.25, -0.2) is 0 Å². The summed E-state index contributed by atoms with van der Waals surface area (Å²) in [5.41, 5.74) is 25.5. The number of nitrogens with zero attached hydrogens (tertiary/aromatic N) is 3. The van der Waals surface area contributed by atoms with E-state index in [0.29, 0.717) is 17.8 Å². The molecular formula is C94H128N3P3. The van der Waals surface area contributed by atoms with Crippen LogP contribution in [0, 0.1) is 20.8 Å². The fourth-order valence-corrected chi connectivity index (χ4v) is 24.4. The summed E-state index contributed by atoms with van der Waals surface area (Å²) < 4.78 is 0. The van der Waals surface area contributed by atoms with Crippen molar-refractivity contribution >= 4 is 56.7 Å². The predicted octanol–water partition coefficient (Wildman–Crippen LogP) is 26.4. The second-order valence-corrected chi connectivity index (χ2v) is 40.6. The van der Waals surface area contributed by atoms with Crippen LogP contribution < -0.4 is 30.6 Å². The summed E-state index contributed by atoms with van der Waals surface area (Å²) in [7, 11) is 12.4. The number of para-hydroxylation sites is 3. The number of anilines is 3. The molecule has 0 atom stereocenters. The second-order valence-electron chi connectivity index (χ2n) is 31.8. The molecule has 6 heteroatoms. The maximum Gasteiger partial charge on any atom is 0.0440 e. The lowest BCUT2D eigenvalue weighted by atomic mass is 9.81. The highest BCUT2D eigenvalue weighted by Gasteiger charge is 2.38. The molecule has 0 spiro atoms. The molecule has 9 aromatic rings. The third-order valence-corrected chi connectivity index (χ3v) is 28.4. The summed E-state index contributed by atoms with van der Waals surface area (Å²) in [5.74, 6) is 1.64. The SMILES string of the molecule is CN(C)c1ccccc1-c1ccccc1P(C(C)(C)C)C(C)(C)C.CN(C)c1ccccc1-c1ccccc1P(C1CCCCC1)C1CCCCC1.CN(C)c1ccccc1P(C)C.Cc1ccccc1-c1c(C(C)C)cc(C(C)C)cc1C(C)C.Cc1ccccc1-c1ccccc1C. The summed E-state index contributed by atoms with van der Waals surface area (Å²) in [5, 5.41) is 5.22. The standard InChI is InChI=1S/C26H36NP.C22H32NP.C22H30.C14H14.C10H16NP/c1-27(2)25-19-11-9-17-23(25)24-18-10-12-20-26(24)28(21-13-5-3-6-14-21)22-15-7-4-8-16-22;1-21(2,3)24(22(4,5)6)20-16-12-10-14-18(20)17-13-9-11-15-19(17)23(7)8;1-14(2)18-12-20(15(3)4)22(21(13-18)16(5)6)19-11-9-8-10-17(19)7;1-11-7-3-5-9-13(11)14-10-6-4-8-12(14)2;1-11(2)9-7-5-6-8-10(9)12(3)4/h9-12,17-22H,3-8,13-16H2,1-2H3;9-16H,1-8H3;8-16H,1-7H3;3-10H,1-2H3;5-8H,1-4H3. The van der Waals surface area contributed by atoms with Crippen LogP contribution in [0.25, 0.3) is 44.5 Å². The van der Waals surface area contributed by atoms with E-state index in [1.165, 1.54) is 170 Å². The van der Waals surface area contributed by atoms with Gasteiger partial charge in [0.1, 0.15) is 0 Å². The molecule has 0 saturated heterocycles. The van der Waals surface area contributed by atoms with Gasteiger partial charge in [-0.15, -0.1) is 0 Å². The molecule has 2 fully saturated rings. The summed E-state index contributed by atoms with van der Waals surface area (Å²) >= 11 is 0. The van der Waals surface area contributed by atoms with Crippen LogP contribution in [-0.2, 0) is 0 Å². The zero-order valence-electron chi connectivity index (χ0n) is 66.3. The average Bonchev–Trinajstić information content (AvgIpc) is 0.783. The van der Waals surface area contributed by atoms with Crippen molar-refractivity contribution in [3.63, 3.8) is 0 Å². The van der Waals surface area contributed by atoms with Crippen LogP contribution >= 0.6 is 23.8 Å². The van der Waals surface area contributed by atoms with Gasteiger partial charge in [-0.05, 0) is 200 Å². The lowest BCUT2D eigenvalue weighted by Gasteiger charge is -2.43. The van der Waals surface area contributed by atoms with Gasteiger partial charge in [0, 0.05) is 70.5 Å². The molecule has 11 rings (SSSR count). The Morgan fingerprint density at radius 2 is 0.630 bits per heavy atom. The van der Waals surface area contributed by atoms with E-state index in [1.807, 2.05) is 0 Å². The highest BCUT2D eigenvalue weighted by Crippen LogP contribution is 2.60. The van der Waals surface area contributed by atoms with Crippen LogP contribution in [0.3, 0.4) is 0 Å². The van der Waals surface area contributed by atoms with Crippen molar-refractivity contribution in [2.24, 2.45) is 0 Å². The molecule has 0 heterocycles. The minimum atomic E-state index is -0.332. The first kappa shape index (κ1) is 81.0. The largest absolute Gasteiger partial charge is 0.377 e. The molecule has 0 amide bonds. The van der Waals surface area contributed by atoms with Crippen LogP contribution in [0.2, 0.25) is 0 Å². The molecule has 0 bridgehead atoms. The Morgan fingerprint density at radius 1 is 0.330 bits per heavy atom. The van der Waals surface area contributed by atoms with E-state index in [0.717, 1.165) is 11.3 Å². The Bertz CT molecular complexity index is 3820. The van der Waals surface area contributed by atoms with Gasteiger partial charge in [-0.3, -0.25) is 0 Å². The van der Waals surface area contributed by atoms with Crippen molar-refractivity contribution < 1.29 is 0 Å². The van der Waals surface area contributed by atoms with Crippen molar-refractivity contribution in [2.45, 2.75) is 207 Å². The summed E-state index contributed by atoms with van der Waals surface area (Å²) in [6.07, 6.45) is 14.6. The van der Waals surface area contributed by atoms with Crippen LogP contribution in [-0.4, -0.2) is 77.2 Å². The summed E-state index contributed by atoms with van der Waals surface area (Å²) in [4.78, 5) is 6.66. The third-order valence-electron chi connectivity index (χ3n) is 19.9. The third kappa shape index (κ3) is 21.9. The minimum absolute atomic E-state index is 0.00952. The first-order valence-electron chi connectivity index (χ1n) is 37.6. The normalized spacial score (nSPS) is 13.6. The van der Waals surface area contributed by atoms with E-state index in [9.17, 15) is 0 Å². The molecule has 0 aromatic heterocycles. The monoisotopic (exact) mass is 1390 g/mol. The van der Waals surface area contributed by atoms with Crippen LogP contribution in [0.1, 0.15) is 198 Å². The molecule has 2 aliphatic carbocycles. The van der Waals surface area contributed by atoms with Crippen molar-refractivity contribution in [2.75, 3.05) is 70.3 Å². The molecule has 0 aliphatic heterocycles. The van der Waals surface area contributed by atoms with Gasteiger partial charge in [0.05, 0.1) is 0 Å². The summed E-state index contributed by atoms with van der Waals surface area (Å²) in [6.45, 7) is 39.3. The number of rotatable bonds is 15. The van der Waals surface area contributed by atoms with E-state index >= 15 is 0 Å². The first-order chi connectivity index (χ1) is 47.5. The molecular weight excluding hydrogens is 1260 g/mol. The number of aryl methyl sites for hydroxylation is 3. The zero-order valence-corrected chi connectivity index (χ0v) is 69.0. The van der Waals surface area contributed by atoms with Gasteiger partial charge < -0.3 is 14.7 Å². The minimum Gasteiger partial charge on any atom is -0.377 e. The van der Waals surface area contributed by atoms with E-state index in [-0.39, 0.29) is 34.1 Å². The predicted molar refractivity (Wildman–Crippen MR) is 458 cm³/mol. The van der Waals surface area contributed by atoms with Crippen LogP contribution in [0.4, 0.5) is 17.1 Å². The fourth-order valence-electron chi connectivity index (χ4n) is 15.2. The van der Waals surface area contributed by atoms with Gasteiger partial charge >= 0.3 is 0 Å². The molecule has 100 heavy (non-hydrogen) atoms. The maximum atomic E-state index is 2.50. The quantitative estimate of drug-likeness (QED) is 0.0947. The van der Waals surface area contributed by atoms with Gasteiger partial charge in [-0.2, -0.15) is 0 Å². The van der Waals surface area contributed by atoms with Crippen molar-refractivity contribution in [3.05, 3.63) is 240 Å².